The quantitative estimate of drug-likeness (QED) is 0.803. The average molecular weight is 299 g/mol. The highest BCUT2D eigenvalue weighted by molar-refractivity contribution is 6.12. The smallest absolute Gasteiger partial charge is 0.236 e. The van der Waals surface area contributed by atoms with Gasteiger partial charge in [-0.25, -0.2) is 0 Å². The molecule has 1 aliphatic rings. The summed E-state index contributed by atoms with van der Waals surface area (Å²) < 4.78 is 7.13. The number of ketones is 1. The fraction of sp³-hybridized carbons (Fsp3) is 0.444. The molecular formula is C18H21NO3. The lowest BCUT2D eigenvalue weighted by Crippen LogP contribution is -2.26. The minimum atomic E-state index is -0.502. The zero-order chi connectivity index (χ0) is 16.1. The van der Waals surface area contributed by atoms with E-state index in [1.165, 1.54) is 0 Å². The van der Waals surface area contributed by atoms with Gasteiger partial charge in [-0.15, -0.1) is 0 Å². The monoisotopic (exact) mass is 299 g/mol. The molecular weight excluding hydrogens is 278 g/mol. The summed E-state index contributed by atoms with van der Waals surface area (Å²) in [5, 5.41) is 0.888. The van der Waals surface area contributed by atoms with Crippen molar-refractivity contribution in [1.82, 2.24) is 4.57 Å². The fourth-order valence-corrected chi connectivity index (χ4v) is 3.10. The lowest BCUT2D eigenvalue weighted by atomic mass is 9.95. The van der Waals surface area contributed by atoms with E-state index >= 15 is 0 Å². The number of rotatable bonds is 1. The van der Waals surface area contributed by atoms with Gasteiger partial charge in [0.05, 0.1) is 12.6 Å². The van der Waals surface area contributed by atoms with Crippen molar-refractivity contribution in [3.8, 4) is 5.75 Å². The third kappa shape index (κ3) is 2.14. The first-order chi connectivity index (χ1) is 10.3. The first kappa shape index (κ1) is 14.8. The summed E-state index contributed by atoms with van der Waals surface area (Å²) in [6, 6.07) is 3.61. The molecule has 0 saturated heterocycles. The van der Waals surface area contributed by atoms with Crippen molar-refractivity contribution >= 4 is 22.6 Å². The largest absolute Gasteiger partial charge is 0.495 e. The predicted molar refractivity (Wildman–Crippen MR) is 85.8 cm³/mol. The molecule has 0 bridgehead atoms. The van der Waals surface area contributed by atoms with Gasteiger partial charge >= 0.3 is 0 Å². The van der Waals surface area contributed by atoms with Crippen LogP contribution in [-0.4, -0.2) is 23.4 Å². The first-order valence-electron chi connectivity index (χ1n) is 7.63. The normalized spacial score (nSPS) is 15.0. The zero-order valence-corrected chi connectivity index (χ0v) is 13.5. The van der Waals surface area contributed by atoms with Crippen LogP contribution >= 0.6 is 0 Å². The van der Waals surface area contributed by atoms with Gasteiger partial charge in [0.15, 0.2) is 5.78 Å². The zero-order valence-electron chi connectivity index (χ0n) is 13.5. The molecule has 4 nitrogen and oxygen atoms in total. The van der Waals surface area contributed by atoms with Crippen molar-refractivity contribution in [2.75, 3.05) is 7.11 Å². The molecule has 1 aromatic carbocycles. The maximum Gasteiger partial charge on any atom is 0.236 e. The summed E-state index contributed by atoms with van der Waals surface area (Å²) in [6.45, 7) is 5.69. The highest BCUT2D eigenvalue weighted by Crippen LogP contribution is 2.37. The molecule has 2 aromatic rings. The number of hydrogen-bond acceptors (Lipinski definition) is 3. The lowest BCUT2D eigenvalue weighted by molar-refractivity contribution is 0.0771. The van der Waals surface area contributed by atoms with Crippen LogP contribution in [0, 0.1) is 5.41 Å². The molecule has 0 aliphatic heterocycles. The highest BCUT2D eigenvalue weighted by atomic mass is 16.5. The van der Waals surface area contributed by atoms with Crippen LogP contribution in [0.5, 0.6) is 5.75 Å². The van der Waals surface area contributed by atoms with Gasteiger partial charge in [-0.1, -0.05) is 20.8 Å². The number of carbonyl (C=O) groups excluding carboxylic acids is 2. The molecule has 1 aromatic heterocycles. The molecule has 3 rings (SSSR count). The van der Waals surface area contributed by atoms with Crippen molar-refractivity contribution in [3.05, 3.63) is 29.5 Å². The number of aromatic nitrogens is 1. The number of benzene rings is 1. The van der Waals surface area contributed by atoms with Crippen LogP contribution in [-0.2, 0) is 6.42 Å². The van der Waals surface area contributed by atoms with E-state index in [1.807, 2.05) is 33.0 Å². The Morgan fingerprint density at radius 2 is 1.95 bits per heavy atom. The van der Waals surface area contributed by atoms with Gasteiger partial charge in [0.1, 0.15) is 5.75 Å². The van der Waals surface area contributed by atoms with E-state index in [2.05, 4.69) is 0 Å². The molecule has 0 amide bonds. The van der Waals surface area contributed by atoms with Crippen LogP contribution < -0.4 is 4.74 Å². The van der Waals surface area contributed by atoms with E-state index in [1.54, 1.807) is 17.7 Å². The summed E-state index contributed by atoms with van der Waals surface area (Å²) in [5.41, 5.74) is 2.00. The molecule has 0 saturated carbocycles. The van der Waals surface area contributed by atoms with Crippen LogP contribution in [0.15, 0.2) is 18.3 Å². The topological polar surface area (TPSA) is 48.3 Å². The van der Waals surface area contributed by atoms with E-state index in [9.17, 15) is 9.59 Å². The van der Waals surface area contributed by atoms with Gasteiger partial charge < -0.3 is 4.74 Å². The summed E-state index contributed by atoms with van der Waals surface area (Å²) in [6.07, 6.45) is 4.08. The maximum atomic E-state index is 12.8. The Morgan fingerprint density at radius 3 is 2.59 bits per heavy atom. The van der Waals surface area contributed by atoms with Crippen LogP contribution in [0.25, 0.3) is 10.9 Å². The summed E-state index contributed by atoms with van der Waals surface area (Å²) in [7, 11) is 1.59. The third-order valence-corrected chi connectivity index (χ3v) is 4.22. The standard InChI is InChI=1S/C18H21NO3/c1-18(2,3)17(21)19-10-11-6-5-7-13(20)12-8-9-14(22-4)16(19)15(11)12/h8-10H,5-7H2,1-4H3. The molecule has 4 heteroatoms. The maximum absolute atomic E-state index is 12.8. The fourth-order valence-electron chi connectivity index (χ4n) is 3.10. The number of Topliss-reactive ketones (excluding diaryl/α,β-unsaturated/α-hetero) is 1. The lowest BCUT2D eigenvalue weighted by Gasteiger charge is -2.19. The number of methoxy groups -OCH3 is 1. The van der Waals surface area contributed by atoms with Crippen molar-refractivity contribution in [2.45, 2.75) is 40.0 Å². The van der Waals surface area contributed by atoms with Gasteiger partial charge in [0.25, 0.3) is 0 Å². The van der Waals surface area contributed by atoms with Crippen LogP contribution in [0.1, 0.15) is 54.3 Å². The number of ether oxygens (including phenoxy) is 1. The highest BCUT2D eigenvalue weighted by Gasteiger charge is 2.29. The van der Waals surface area contributed by atoms with Crippen LogP contribution in [0.2, 0.25) is 0 Å². The molecule has 0 N–H and O–H groups in total. The first-order valence-corrected chi connectivity index (χ1v) is 7.63. The van der Waals surface area contributed by atoms with E-state index < -0.39 is 5.41 Å². The van der Waals surface area contributed by atoms with Crippen molar-refractivity contribution < 1.29 is 14.3 Å². The second-order valence-electron chi connectivity index (χ2n) is 6.90. The minimum absolute atomic E-state index is 0.00669. The molecule has 0 spiro atoms. The molecule has 116 valence electrons. The van der Waals surface area contributed by atoms with Gasteiger partial charge in [0.2, 0.25) is 5.91 Å². The van der Waals surface area contributed by atoms with E-state index in [0.717, 1.165) is 29.3 Å². The van der Waals surface area contributed by atoms with Gasteiger partial charge in [-0.3, -0.25) is 14.2 Å². The number of hydrogen-bond donors (Lipinski definition) is 0. The van der Waals surface area contributed by atoms with E-state index in [0.29, 0.717) is 17.7 Å². The average Bonchev–Trinajstić information content (AvgIpc) is 2.76. The number of aryl methyl sites for hydroxylation is 1. The summed E-state index contributed by atoms with van der Waals surface area (Å²) in [5.74, 6) is 0.789. The molecule has 1 heterocycles. The SMILES string of the molecule is COc1ccc2c3c(cn(C(=O)C(C)(C)C)c13)CCCC2=O. The van der Waals surface area contributed by atoms with E-state index in [4.69, 9.17) is 4.74 Å². The molecule has 0 unspecified atom stereocenters. The minimum Gasteiger partial charge on any atom is -0.495 e. The molecule has 0 radical (unpaired) electrons. The Balaban J connectivity index is 2.39. The molecule has 1 aliphatic carbocycles. The van der Waals surface area contributed by atoms with Gasteiger partial charge in [-0.05, 0) is 30.5 Å². The number of nitrogens with zero attached hydrogens (tertiary/aromatic N) is 1. The van der Waals surface area contributed by atoms with E-state index in [-0.39, 0.29) is 11.7 Å². The Hall–Kier alpha value is -2.10. The third-order valence-electron chi connectivity index (χ3n) is 4.22. The van der Waals surface area contributed by atoms with Crippen molar-refractivity contribution in [1.29, 1.82) is 0 Å². The van der Waals surface area contributed by atoms with Crippen LogP contribution in [0.4, 0.5) is 0 Å². The Bertz CT molecular complexity index is 778. The summed E-state index contributed by atoms with van der Waals surface area (Å²) in [4.78, 5) is 25.1. The van der Waals surface area contributed by atoms with Gasteiger partial charge in [-0.2, -0.15) is 0 Å². The molecule has 22 heavy (non-hydrogen) atoms. The second-order valence-corrected chi connectivity index (χ2v) is 6.90. The Labute approximate surface area is 130 Å². The second kappa shape index (κ2) is 4.97. The molecule has 0 atom stereocenters. The molecule has 0 fully saturated rings. The Morgan fingerprint density at radius 1 is 1.23 bits per heavy atom. The van der Waals surface area contributed by atoms with Crippen molar-refractivity contribution in [3.63, 3.8) is 0 Å². The van der Waals surface area contributed by atoms with Crippen LogP contribution in [0.3, 0.4) is 0 Å². The van der Waals surface area contributed by atoms with Gasteiger partial charge in [0, 0.05) is 29.0 Å². The number of carbonyl (C=O) groups is 2. The Kier molecular flexibility index (Phi) is 3.35. The summed E-state index contributed by atoms with van der Waals surface area (Å²) >= 11 is 0. The van der Waals surface area contributed by atoms with Crippen molar-refractivity contribution in [2.24, 2.45) is 5.41 Å². The predicted octanol–water partition coefficient (Wildman–Crippen LogP) is 3.86.